The number of nitrogen functional groups attached to an aromatic ring is 2. The highest BCUT2D eigenvalue weighted by Crippen LogP contribution is 2.22. The van der Waals surface area contributed by atoms with E-state index in [0.717, 1.165) is 22.5 Å². The SMILES string of the molecule is CNc1cc(Cc2cnc(N)nc2N)cc(NC)c1. The third-order valence-corrected chi connectivity index (χ3v) is 2.88. The summed E-state index contributed by atoms with van der Waals surface area (Å²) in [5.74, 6) is 0.620. The first-order valence-corrected chi connectivity index (χ1v) is 5.98. The molecular weight excluding hydrogens is 240 g/mol. The minimum absolute atomic E-state index is 0.195. The second-order valence-corrected chi connectivity index (χ2v) is 4.23. The van der Waals surface area contributed by atoms with Crippen LogP contribution >= 0.6 is 0 Å². The Morgan fingerprint density at radius 3 is 2.21 bits per heavy atom. The molecule has 0 amide bonds. The van der Waals surface area contributed by atoms with E-state index in [1.165, 1.54) is 0 Å². The number of nitrogens with one attached hydrogen (secondary N) is 2. The number of hydrogen-bond acceptors (Lipinski definition) is 6. The summed E-state index contributed by atoms with van der Waals surface area (Å²) in [5, 5.41) is 6.26. The van der Waals surface area contributed by atoms with E-state index in [0.29, 0.717) is 12.2 Å². The van der Waals surface area contributed by atoms with Crippen LogP contribution < -0.4 is 22.1 Å². The lowest BCUT2D eigenvalue weighted by molar-refractivity contribution is 1.09. The third kappa shape index (κ3) is 3.04. The van der Waals surface area contributed by atoms with Crippen LogP contribution in [-0.2, 0) is 6.42 Å². The van der Waals surface area contributed by atoms with E-state index in [9.17, 15) is 0 Å². The van der Waals surface area contributed by atoms with E-state index in [2.05, 4.69) is 32.7 Å². The molecule has 0 radical (unpaired) electrons. The highest BCUT2D eigenvalue weighted by atomic mass is 15.0. The Kier molecular flexibility index (Phi) is 3.70. The molecule has 2 rings (SSSR count). The van der Waals surface area contributed by atoms with Crippen LogP contribution in [0.25, 0.3) is 0 Å². The van der Waals surface area contributed by atoms with Gasteiger partial charge >= 0.3 is 0 Å². The molecule has 19 heavy (non-hydrogen) atoms. The summed E-state index contributed by atoms with van der Waals surface area (Å²) in [7, 11) is 3.78. The van der Waals surface area contributed by atoms with Gasteiger partial charge in [0.15, 0.2) is 0 Å². The van der Waals surface area contributed by atoms with Crippen LogP contribution in [0.4, 0.5) is 23.1 Å². The van der Waals surface area contributed by atoms with Crippen LogP contribution in [0.1, 0.15) is 11.1 Å². The first kappa shape index (κ1) is 12.9. The second kappa shape index (κ2) is 5.43. The van der Waals surface area contributed by atoms with E-state index in [4.69, 9.17) is 11.5 Å². The van der Waals surface area contributed by atoms with Crippen LogP contribution in [0.2, 0.25) is 0 Å². The van der Waals surface area contributed by atoms with Gasteiger partial charge < -0.3 is 22.1 Å². The van der Waals surface area contributed by atoms with Crippen LogP contribution in [0, 0.1) is 0 Å². The van der Waals surface area contributed by atoms with Gasteiger partial charge in [0, 0.05) is 43.7 Å². The normalized spacial score (nSPS) is 10.2. The highest BCUT2D eigenvalue weighted by Gasteiger charge is 2.06. The molecule has 6 N–H and O–H groups in total. The molecule has 1 aromatic heterocycles. The minimum Gasteiger partial charge on any atom is -0.388 e. The van der Waals surface area contributed by atoms with Gasteiger partial charge in [-0.3, -0.25) is 0 Å². The van der Waals surface area contributed by atoms with Crippen molar-refractivity contribution in [1.29, 1.82) is 0 Å². The smallest absolute Gasteiger partial charge is 0.221 e. The van der Waals surface area contributed by atoms with Gasteiger partial charge in [-0.2, -0.15) is 4.98 Å². The van der Waals surface area contributed by atoms with Crippen LogP contribution in [0.15, 0.2) is 24.4 Å². The number of nitrogens with two attached hydrogens (primary N) is 2. The van der Waals surface area contributed by atoms with Crippen LogP contribution in [-0.4, -0.2) is 24.1 Å². The molecule has 0 aliphatic rings. The van der Waals surface area contributed by atoms with Gasteiger partial charge in [0.2, 0.25) is 5.95 Å². The lowest BCUT2D eigenvalue weighted by Crippen LogP contribution is -2.04. The summed E-state index contributed by atoms with van der Waals surface area (Å²) < 4.78 is 0. The average Bonchev–Trinajstić information content (AvgIpc) is 2.41. The maximum Gasteiger partial charge on any atom is 0.221 e. The van der Waals surface area contributed by atoms with Crippen molar-refractivity contribution >= 4 is 23.1 Å². The van der Waals surface area contributed by atoms with E-state index >= 15 is 0 Å². The Labute approximate surface area is 112 Å². The number of aromatic nitrogens is 2. The molecule has 0 fully saturated rings. The van der Waals surface area contributed by atoms with Gasteiger partial charge in [0.25, 0.3) is 0 Å². The van der Waals surface area contributed by atoms with Crippen molar-refractivity contribution in [1.82, 2.24) is 9.97 Å². The molecule has 0 atom stereocenters. The van der Waals surface area contributed by atoms with E-state index in [1.54, 1.807) is 6.20 Å². The molecule has 0 spiro atoms. The molecule has 0 bridgehead atoms. The Morgan fingerprint density at radius 1 is 1.05 bits per heavy atom. The van der Waals surface area contributed by atoms with Gasteiger partial charge in [-0.05, 0) is 23.8 Å². The summed E-state index contributed by atoms with van der Waals surface area (Å²) >= 11 is 0. The van der Waals surface area contributed by atoms with Gasteiger partial charge in [-0.15, -0.1) is 0 Å². The zero-order chi connectivity index (χ0) is 13.8. The van der Waals surface area contributed by atoms with E-state index in [1.807, 2.05) is 20.2 Å². The van der Waals surface area contributed by atoms with E-state index < -0.39 is 0 Å². The third-order valence-electron chi connectivity index (χ3n) is 2.88. The van der Waals surface area contributed by atoms with Crippen LogP contribution in [0.3, 0.4) is 0 Å². The maximum absolute atomic E-state index is 5.85. The Hall–Kier alpha value is -2.50. The van der Waals surface area contributed by atoms with Crippen molar-refractivity contribution in [3.63, 3.8) is 0 Å². The molecule has 6 heteroatoms. The first-order chi connectivity index (χ1) is 9.12. The summed E-state index contributed by atoms with van der Waals surface area (Å²) in [5.41, 5.74) is 15.4. The molecule has 6 nitrogen and oxygen atoms in total. The molecular formula is C13H18N6. The molecule has 0 aliphatic carbocycles. The number of nitrogens with zero attached hydrogens (tertiary/aromatic N) is 2. The average molecular weight is 258 g/mol. The number of rotatable bonds is 4. The second-order valence-electron chi connectivity index (χ2n) is 4.23. The van der Waals surface area contributed by atoms with E-state index in [-0.39, 0.29) is 5.95 Å². The lowest BCUT2D eigenvalue weighted by Gasteiger charge is -2.10. The zero-order valence-electron chi connectivity index (χ0n) is 11.1. The number of anilines is 4. The van der Waals surface area contributed by atoms with Gasteiger partial charge in [0.1, 0.15) is 5.82 Å². The molecule has 0 aliphatic heterocycles. The quantitative estimate of drug-likeness (QED) is 0.659. The molecule has 1 aromatic carbocycles. The predicted octanol–water partition coefficient (Wildman–Crippen LogP) is 1.32. The number of benzene rings is 1. The fourth-order valence-corrected chi connectivity index (χ4v) is 1.87. The minimum atomic E-state index is 0.195. The fraction of sp³-hybridized carbons (Fsp3) is 0.231. The molecule has 1 heterocycles. The molecule has 2 aromatic rings. The fourth-order valence-electron chi connectivity index (χ4n) is 1.87. The van der Waals surface area contributed by atoms with Gasteiger partial charge in [-0.25, -0.2) is 4.98 Å². The Morgan fingerprint density at radius 2 is 1.68 bits per heavy atom. The Bertz CT molecular complexity index is 559. The molecule has 0 saturated heterocycles. The predicted molar refractivity (Wildman–Crippen MR) is 79.2 cm³/mol. The van der Waals surface area contributed by atoms with Crippen molar-refractivity contribution < 1.29 is 0 Å². The van der Waals surface area contributed by atoms with Gasteiger partial charge in [0.05, 0.1) is 0 Å². The van der Waals surface area contributed by atoms with Crippen molar-refractivity contribution in [2.24, 2.45) is 0 Å². The summed E-state index contributed by atoms with van der Waals surface area (Å²) in [6.07, 6.45) is 2.33. The largest absolute Gasteiger partial charge is 0.388 e. The highest BCUT2D eigenvalue weighted by molar-refractivity contribution is 5.60. The first-order valence-electron chi connectivity index (χ1n) is 5.98. The molecule has 0 saturated carbocycles. The van der Waals surface area contributed by atoms with Crippen molar-refractivity contribution in [3.8, 4) is 0 Å². The lowest BCUT2D eigenvalue weighted by atomic mass is 10.1. The van der Waals surface area contributed by atoms with Crippen LogP contribution in [0.5, 0.6) is 0 Å². The zero-order valence-corrected chi connectivity index (χ0v) is 11.1. The maximum atomic E-state index is 5.85. The molecule has 0 unspecified atom stereocenters. The topological polar surface area (TPSA) is 102 Å². The standard InChI is InChI=1S/C13H18N6/c1-16-10-4-8(5-11(6-10)17-2)3-9-7-18-13(15)19-12(9)14/h4-7,16-17H,3H2,1-2H3,(H4,14,15,18,19). The Balaban J connectivity index is 2.31. The summed E-state index contributed by atoms with van der Waals surface area (Å²) in [6.45, 7) is 0. The van der Waals surface area contributed by atoms with Gasteiger partial charge in [-0.1, -0.05) is 0 Å². The van der Waals surface area contributed by atoms with Crippen molar-refractivity contribution in [2.75, 3.05) is 36.2 Å². The monoisotopic (exact) mass is 258 g/mol. The van der Waals surface area contributed by atoms with Crippen molar-refractivity contribution in [2.45, 2.75) is 6.42 Å². The molecule has 100 valence electrons. The summed E-state index contributed by atoms with van der Waals surface area (Å²) in [6, 6.07) is 6.17. The number of hydrogen-bond donors (Lipinski definition) is 4. The van der Waals surface area contributed by atoms with Crippen molar-refractivity contribution in [3.05, 3.63) is 35.5 Å². The summed E-state index contributed by atoms with van der Waals surface area (Å²) in [4.78, 5) is 7.94.